The van der Waals surface area contributed by atoms with Crippen molar-refractivity contribution in [3.05, 3.63) is 59.2 Å². The molecule has 7 nitrogen and oxygen atoms in total. The minimum absolute atomic E-state index is 0.113. The van der Waals surface area contributed by atoms with Crippen LogP contribution in [0.1, 0.15) is 60.7 Å². The Balaban J connectivity index is 1.43. The third kappa shape index (κ3) is 6.55. The van der Waals surface area contributed by atoms with E-state index in [1.54, 1.807) is 0 Å². The second-order valence-electron chi connectivity index (χ2n) is 9.58. The van der Waals surface area contributed by atoms with Crippen LogP contribution in [0.4, 0.5) is 0 Å². The third-order valence-corrected chi connectivity index (χ3v) is 7.42. The number of nitrogens with zero attached hydrogens (tertiary/aromatic N) is 4. The minimum atomic E-state index is 0.113. The fraction of sp³-hybridized carbons (Fsp3) is 0.519. The van der Waals surface area contributed by atoms with Crippen LogP contribution >= 0.6 is 11.8 Å². The lowest BCUT2D eigenvalue weighted by Gasteiger charge is -2.15. The molecule has 8 heteroatoms. The molecule has 0 amide bonds. The van der Waals surface area contributed by atoms with Crippen LogP contribution in [0.5, 0.6) is 5.75 Å². The first kappa shape index (κ1) is 25.5. The molecule has 0 spiro atoms. The predicted octanol–water partition coefficient (Wildman–Crippen LogP) is 5.48. The van der Waals surface area contributed by atoms with Crippen molar-refractivity contribution in [1.82, 2.24) is 19.3 Å². The second kappa shape index (κ2) is 11.9. The molecule has 3 aromatic rings. The molecule has 3 heterocycles. The van der Waals surface area contributed by atoms with Crippen LogP contribution < -0.4 is 4.74 Å². The molecule has 1 aromatic carbocycles. The van der Waals surface area contributed by atoms with Crippen molar-refractivity contribution < 1.29 is 14.3 Å². The summed E-state index contributed by atoms with van der Waals surface area (Å²) in [4.78, 5) is 13.2. The highest BCUT2D eigenvalue weighted by atomic mass is 32.2. The molecule has 1 fully saturated rings. The molecule has 2 aromatic heterocycles. The van der Waals surface area contributed by atoms with E-state index in [4.69, 9.17) is 9.47 Å². The average molecular weight is 497 g/mol. The highest BCUT2D eigenvalue weighted by Gasteiger charge is 2.22. The van der Waals surface area contributed by atoms with Crippen LogP contribution in [0.15, 0.2) is 41.6 Å². The number of hydrogen-bond donors (Lipinski definition) is 0. The highest BCUT2D eigenvalue weighted by molar-refractivity contribution is 7.99. The summed E-state index contributed by atoms with van der Waals surface area (Å²) >= 11 is 1.45. The van der Waals surface area contributed by atoms with Gasteiger partial charge in [-0.2, -0.15) is 0 Å². The minimum Gasteiger partial charge on any atom is -0.486 e. The van der Waals surface area contributed by atoms with Crippen LogP contribution in [-0.2, 0) is 24.4 Å². The number of carbonyl (C=O) groups excluding carboxylic acids is 1. The molecule has 35 heavy (non-hydrogen) atoms. The van der Waals surface area contributed by atoms with Crippen LogP contribution in [0.25, 0.3) is 0 Å². The van der Waals surface area contributed by atoms with E-state index in [9.17, 15) is 4.79 Å². The number of rotatable bonds is 12. The lowest BCUT2D eigenvalue weighted by atomic mass is 10.1. The van der Waals surface area contributed by atoms with Crippen molar-refractivity contribution in [2.24, 2.45) is 5.92 Å². The van der Waals surface area contributed by atoms with Gasteiger partial charge in [0.05, 0.1) is 11.9 Å². The first-order valence-corrected chi connectivity index (χ1v) is 13.4. The summed E-state index contributed by atoms with van der Waals surface area (Å²) in [5, 5.41) is 9.56. The molecule has 1 saturated heterocycles. The van der Waals surface area contributed by atoms with Gasteiger partial charge in [0.1, 0.15) is 12.4 Å². The van der Waals surface area contributed by atoms with Gasteiger partial charge in [0.15, 0.2) is 16.8 Å². The van der Waals surface area contributed by atoms with Gasteiger partial charge in [-0.05, 0) is 57.2 Å². The Labute approximate surface area is 212 Å². The average Bonchev–Trinajstić information content (AvgIpc) is 3.57. The zero-order valence-electron chi connectivity index (χ0n) is 21.2. The number of para-hydroxylation sites is 1. The normalized spacial score (nSPS) is 15.7. The van der Waals surface area contributed by atoms with Gasteiger partial charge < -0.3 is 18.6 Å². The maximum Gasteiger partial charge on any atom is 0.191 e. The standard InChI is InChI=1S/C27H36N4O3S/c1-19(2)12-13-30-26(17-34-22-9-6-5-7-10-22)28-29-27(30)35-18-25(32)24-15-20(3)31(21(24)4)16-23-11-8-14-33-23/h5-7,9-10,15,19,23H,8,11-14,16-18H2,1-4H3. The highest BCUT2D eigenvalue weighted by Crippen LogP contribution is 2.25. The molecule has 1 aliphatic heterocycles. The van der Waals surface area contributed by atoms with Crippen LogP contribution in [-0.4, -0.2) is 43.6 Å². The molecule has 1 unspecified atom stereocenters. The van der Waals surface area contributed by atoms with Crippen molar-refractivity contribution in [1.29, 1.82) is 0 Å². The van der Waals surface area contributed by atoms with E-state index < -0.39 is 0 Å². The SMILES string of the molecule is Cc1cc(C(=O)CSc2nnc(COc3ccccc3)n2CCC(C)C)c(C)n1CC1CCCO1. The van der Waals surface area contributed by atoms with E-state index >= 15 is 0 Å². The number of ether oxygens (including phenoxy) is 2. The maximum atomic E-state index is 13.2. The van der Waals surface area contributed by atoms with Crippen molar-refractivity contribution in [2.45, 2.75) is 77.9 Å². The molecule has 4 rings (SSSR count). The molecule has 188 valence electrons. The second-order valence-corrected chi connectivity index (χ2v) is 10.5. The zero-order valence-corrected chi connectivity index (χ0v) is 22.0. The molecule has 1 aliphatic rings. The molecular formula is C27H36N4O3S. The fourth-order valence-corrected chi connectivity index (χ4v) is 5.24. The van der Waals surface area contributed by atoms with Gasteiger partial charge in [-0.25, -0.2) is 0 Å². The van der Waals surface area contributed by atoms with Gasteiger partial charge in [0.25, 0.3) is 0 Å². The number of benzene rings is 1. The van der Waals surface area contributed by atoms with Gasteiger partial charge in [0, 0.05) is 36.6 Å². The van der Waals surface area contributed by atoms with Crippen molar-refractivity contribution in [3.8, 4) is 5.75 Å². The Morgan fingerprint density at radius 1 is 1.20 bits per heavy atom. The quantitative estimate of drug-likeness (QED) is 0.244. The number of ketones is 1. The van der Waals surface area contributed by atoms with Gasteiger partial charge in [0.2, 0.25) is 0 Å². The lowest BCUT2D eigenvalue weighted by Crippen LogP contribution is -2.17. The number of hydrogen-bond acceptors (Lipinski definition) is 6. The largest absolute Gasteiger partial charge is 0.486 e. The van der Waals surface area contributed by atoms with E-state index in [0.29, 0.717) is 18.3 Å². The van der Waals surface area contributed by atoms with Crippen LogP contribution in [0.2, 0.25) is 0 Å². The van der Waals surface area contributed by atoms with Crippen LogP contribution in [0.3, 0.4) is 0 Å². The predicted molar refractivity (Wildman–Crippen MR) is 138 cm³/mol. The number of Topliss-reactive ketones (excluding diaryl/α,β-unsaturated/α-hetero) is 1. The third-order valence-electron chi connectivity index (χ3n) is 6.45. The number of aryl methyl sites for hydroxylation is 1. The van der Waals surface area contributed by atoms with Crippen molar-refractivity contribution in [2.75, 3.05) is 12.4 Å². The zero-order chi connectivity index (χ0) is 24.8. The lowest BCUT2D eigenvalue weighted by molar-refractivity contribution is 0.0957. The van der Waals surface area contributed by atoms with E-state index in [1.165, 1.54) is 11.8 Å². The van der Waals surface area contributed by atoms with Gasteiger partial charge in [-0.15, -0.1) is 10.2 Å². The molecule has 0 aliphatic carbocycles. The first-order valence-electron chi connectivity index (χ1n) is 12.5. The molecule has 0 bridgehead atoms. The monoisotopic (exact) mass is 496 g/mol. The van der Waals surface area contributed by atoms with Crippen molar-refractivity contribution in [3.63, 3.8) is 0 Å². The Kier molecular flexibility index (Phi) is 8.68. The summed E-state index contributed by atoms with van der Waals surface area (Å²) in [5.41, 5.74) is 2.91. The number of carbonyl (C=O) groups is 1. The molecule has 0 N–H and O–H groups in total. The summed E-state index contributed by atoms with van der Waals surface area (Å²) in [6.07, 6.45) is 3.44. The van der Waals surface area contributed by atoms with Crippen LogP contribution in [0, 0.1) is 19.8 Å². The molecule has 1 atom stereocenters. The van der Waals surface area contributed by atoms with Gasteiger partial charge in [-0.1, -0.05) is 43.8 Å². The smallest absolute Gasteiger partial charge is 0.191 e. The van der Waals surface area contributed by atoms with E-state index in [-0.39, 0.29) is 11.9 Å². The molecular weight excluding hydrogens is 460 g/mol. The number of aromatic nitrogens is 4. The Bertz CT molecular complexity index is 1120. The summed E-state index contributed by atoms with van der Waals surface area (Å²) in [6, 6.07) is 11.7. The van der Waals surface area contributed by atoms with Gasteiger partial charge in [-0.3, -0.25) is 4.79 Å². The molecule has 0 saturated carbocycles. The summed E-state index contributed by atoms with van der Waals surface area (Å²) in [6.45, 7) is 11.3. The van der Waals surface area contributed by atoms with E-state index in [2.05, 4.69) is 40.1 Å². The molecule has 0 radical (unpaired) electrons. The Hall–Kier alpha value is -2.58. The van der Waals surface area contributed by atoms with Crippen molar-refractivity contribution >= 4 is 17.5 Å². The fourth-order valence-electron chi connectivity index (χ4n) is 4.37. The number of thioether (sulfide) groups is 1. The summed E-state index contributed by atoms with van der Waals surface area (Å²) in [5.74, 6) is 2.56. The summed E-state index contributed by atoms with van der Waals surface area (Å²) < 4.78 is 16.0. The Morgan fingerprint density at radius 2 is 2.00 bits per heavy atom. The van der Waals surface area contributed by atoms with Gasteiger partial charge >= 0.3 is 0 Å². The Morgan fingerprint density at radius 3 is 2.71 bits per heavy atom. The first-order chi connectivity index (χ1) is 16.9. The van der Waals surface area contributed by atoms with E-state index in [1.807, 2.05) is 43.3 Å². The summed E-state index contributed by atoms with van der Waals surface area (Å²) in [7, 11) is 0. The maximum absolute atomic E-state index is 13.2. The topological polar surface area (TPSA) is 71.2 Å². The van der Waals surface area contributed by atoms with E-state index in [0.717, 1.165) is 72.6 Å².